The number of nitrogens with zero attached hydrogens (tertiary/aromatic N) is 2. The normalized spacial score (nSPS) is 17.1. The van der Waals surface area contributed by atoms with Gasteiger partial charge in [-0.25, -0.2) is 4.98 Å². The van der Waals surface area contributed by atoms with E-state index in [-0.39, 0.29) is 30.5 Å². The highest BCUT2D eigenvalue weighted by molar-refractivity contribution is 7.99. The van der Waals surface area contributed by atoms with Crippen molar-refractivity contribution in [3.63, 3.8) is 0 Å². The summed E-state index contributed by atoms with van der Waals surface area (Å²) in [5.74, 6) is -0.691. The maximum atomic E-state index is 12.4. The van der Waals surface area contributed by atoms with Gasteiger partial charge in [-0.1, -0.05) is 18.7 Å². The summed E-state index contributed by atoms with van der Waals surface area (Å²) < 4.78 is 1.55. The number of hydrogen-bond donors (Lipinski definition) is 2. The summed E-state index contributed by atoms with van der Waals surface area (Å²) in [5.41, 5.74) is 6.34. The van der Waals surface area contributed by atoms with Gasteiger partial charge in [0.2, 0.25) is 11.8 Å². The summed E-state index contributed by atoms with van der Waals surface area (Å²) in [4.78, 5) is 39.5. The fourth-order valence-corrected chi connectivity index (χ4v) is 3.40. The van der Waals surface area contributed by atoms with E-state index in [1.807, 2.05) is 13.8 Å². The molecule has 1 aliphatic heterocycles. The Morgan fingerprint density at radius 1 is 1.52 bits per heavy atom. The number of hydrogen-bond acceptors (Lipinski definition) is 5. The van der Waals surface area contributed by atoms with Gasteiger partial charge in [-0.15, -0.1) is 0 Å². The van der Waals surface area contributed by atoms with Gasteiger partial charge in [-0.3, -0.25) is 19.0 Å². The summed E-state index contributed by atoms with van der Waals surface area (Å²) >= 11 is 1.38. The molecule has 1 aromatic heterocycles. The number of aromatic nitrogens is 2. The molecule has 114 valence electrons. The molecule has 8 heteroatoms. The van der Waals surface area contributed by atoms with Crippen LogP contribution in [0.3, 0.4) is 0 Å². The molecule has 2 heterocycles. The first-order valence-corrected chi connectivity index (χ1v) is 7.71. The second kappa shape index (κ2) is 6.30. The average Bonchev–Trinajstić information content (AvgIpc) is 2.45. The molecule has 7 nitrogen and oxygen atoms in total. The Labute approximate surface area is 126 Å². The Bertz CT molecular complexity index is 641. The number of primary amides is 1. The SMILES string of the molecule is CCc1c(C)nc2n(c1=O)CC(C(=O)NCC(N)=O)CS2. The van der Waals surface area contributed by atoms with Crippen molar-refractivity contribution in [2.75, 3.05) is 12.3 Å². The predicted molar refractivity (Wildman–Crippen MR) is 79.0 cm³/mol. The topological polar surface area (TPSA) is 107 Å². The fraction of sp³-hybridized carbons (Fsp3) is 0.538. The van der Waals surface area contributed by atoms with Gasteiger partial charge in [0, 0.05) is 23.6 Å². The molecule has 1 aliphatic rings. The van der Waals surface area contributed by atoms with E-state index in [2.05, 4.69) is 10.3 Å². The Kier molecular flexibility index (Phi) is 4.66. The van der Waals surface area contributed by atoms with E-state index in [1.165, 1.54) is 11.8 Å². The minimum atomic E-state index is -0.588. The zero-order valence-electron chi connectivity index (χ0n) is 12.0. The van der Waals surface area contributed by atoms with E-state index in [4.69, 9.17) is 5.73 Å². The third kappa shape index (κ3) is 3.26. The maximum absolute atomic E-state index is 12.4. The first-order chi connectivity index (χ1) is 9.93. The van der Waals surface area contributed by atoms with Crippen LogP contribution in [0.25, 0.3) is 0 Å². The maximum Gasteiger partial charge on any atom is 0.257 e. The zero-order valence-corrected chi connectivity index (χ0v) is 12.8. The van der Waals surface area contributed by atoms with E-state index in [9.17, 15) is 14.4 Å². The molecule has 2 rings (SSSR count). The number of thioether (sulfide) groups is 1. The van der Waals surface area contributed by atoms with Gasteiger partial charge in [0.05, 0.1) is 12.5 Å². The van der Waals surface area contributed by atoms with Gasteiger partial charge < -0.3 is 11.1 Å². The van der Waals surface area contributed by atoms with Crippen molar-refractivity contribution in [2.45, 2.75) is 32.0 Å². The van der Waals surface area contributed by atoms with Crippen LogP contribution in [0.1, 0.15) is 18.2 Å². The van der Waals surface area contributed by atoms with Crippen molar-refractivity contribution >= 4 is 23.6 Å². The molecule has 0 spiro atoms. The molecule has 1 atom stereocenters. The number of aryl methyl sites for hydroxylation is 1. The summed E-state index contributed by atoms with van der Waals surface area (Å²) in [5, 5.41) is 3.13. The molecule has 0 fully saturated rings. The van der Waals surface area contributed by atoms with Crippen molar-refractivity contribution < 1.29 is 9.59 Å². The van der Waals surface area contributed by atoms with Crippen LogP contribution in [0.2, 0.25) is 0 Å². The minimum absolute atomic E-state index is 0.0834. The third-order valence-corrected chi connectivity index (χ3v) is 4.55. The predicted octanol–water partition coefficient (Wildman–Crippen LogP) is -0.562. The third-order valence-electron chi connectivity index (χ3n) is 3.41. The van der Waals surface area contributed by atoms with Gasteiger partial charge >= 0.3 is 0 Å². The number of amides is 2. The van der Waals surface area contributed by atoms with Crippen LogP contribution in [-0.4, -0.2) is 33.7 Å². The van der Waals surface area contributed by atoms with Crippen LogP contribution in [0.4, 0.5) is 0 Å². The summed E-state index contributed by atoms with van der Waals surface area (Å²) in [6.07, 6.45) is 0.612. The summed E-state index contributed by atoms with van der Waals surface area (Å²) in [6.45, 7) is 3.83. The van der Waals surface area contributed by atoms with Crippen LogP contribution in [-0.2, 0) is 22.6 Å². The number of rotatable bonds is 4. The van der Waals surface area contributed by atoms with Gasteiger partial charge in [0.1, 0.15) is 0 Å². The average molecular weight is 310 g/mol. The molecular weight excluding hydrogens is 292 g/mol. The second-order valence-corrected chi connectivity index (χ2v) is 5.91. The molecular formula is C13H18N4O3S. The lowest BCUT2D eigenvalue weighted by atomic mass is 10.1. The van der Waals surface area contributed by atoms with Crippen molar-refractivity contribution in [1.82, 2.24) is 14.9 Å². The van der Waals surface area contributed by atoms with Crippen LogP contribution >= 0.6 is 11.8 Å². The quantitative estimate of drug-likeness (QED) is 0.725. The Morgan fingerprint density at radius 3 is 2.86 bits per heavy atom. The van der Waals surface area contributed by atoms with Crippen LogP contribution in [0, 0.1) is 12.8 Å². The lowest BCUT2D eigenvalue weighted by Gasteiger charge is -2.25. The summed E-state index contributed by atoms with van der Waals surface area (Å²) in [6, 6.07) is 0. The molecule has 0 aromatic carbocycles. The van der Waals surface area contributed by atoms with Crippen LogP contribution in [0.5, 0.6) is 0 Å². The smallest absolute Gasteiger partial charge is 0.257 e. The van der Waals surface area contributed by atoms with Crippen molar-refractivity contribution in [1.29, 1.82) is 0 Å². The van der Waals surface area contributed by atoms with Gasteiger partial charge in [-0.05, 0) is 13.3 Å². The van der Waals surface area contributed by atoms with E-state index in [0.717, 1.165) is 5.69 Å². The number of nitrogens with two attached hydrogens (primary N) is 1. The molecule has 21 heavy (non-hydrogen) atoms. The fourth-order valence-electron chi connectivity index (χ4n) is 2.28. The molecule has 3 N–H and O–H groups in total. The monoisotopic (exact) mass is 310 g/mol. The molecule has 0 saturated heterocycles. The van der Waals surface area contributed by atoms with Gasteiger partial charge in [0.25, 0.3) is 5.56 Å². The number of carbonyl (C=O) groups is 2. The van der Waals surface area contributed by atoms with E-state index in [1.54, 1.807) is 4.57 Å². The van der Waals surface area contributed by atoms with Gasteiger partial charge in [0.15, 0.2) is 5.16 Å². The number of nitrogens with one attached hydrogen (secondary N) is 1. The lowest BCUT2D eigenvalue weighted by molar-refractivity contribution is -0.127. The highest BCUT2D eigenvalue weighted by Crippen LogP contribution is 2.25. The Hall–Kier alpha value is -1.83. The van der Waals surface area contributed by atoms with Crippen molar-refractivity contribution in [2.24, 2.45) is 11.7 Å². The van der Waals surface area contributed by atoms with E-state index in [0.29, 0.717) is 22.9 Å². The zero-order chi connectivity index (χ0) is 15.6. The van der Waals surface area contributed by atoms with Crippen LogP contribution in [0.15, 0.2) is 9.95 Å². The van der Waals surface area contributed by atoms with Crippen molar-refractivity contribution in [3.05, 3.63) is 21.6 Å². The first-order valence-electron chi connectivity index (χ1n) is 6.73. The molecule has 2 amide bonds. The Balaban J connectivity index is 2.22. The number of carbonyl (C=O) groups excluding carboxylic acids is 2. The number of fused-ring (bicyclic) bond motifs is 1. The van der Waals surface area contributed by atoms with Gasteiger partial charge in [-0.2, -0.15) is 0 Å². The molecule has 0 saturated carbocycles. The van der Waals surface area contributed by atoms with E-state index < -0.39 is 5.91 Å². The second-order valence-electron chi connectivity index (χ2n) is 4.92. The van der Waals surface area contributed by atoms with Crippen molar-refractivity contribution in [3.8, 4) is 0 Å². The standard InChI is InChI=1S/C13H18N4O3S/c1-3-9-7(2)16-13-17(12(9)20)5-8(6-21-13)11(19)15-4-10(14)18/h8H,3-6H2,1-2H3,(H2,14,18)(H,15,19). The lowest BCUT2D eigenvalue weighted by Crippen LogP contribution is -2.43. The van der Waals surface area contributed by atoms with Crippen LogP contribution < -0.4 is 16.6 Å². The molecule has 0 radical (unpaired) electrons. The largest absolute Gasteiger partial charge is 0.368 e. The Morgan fingerprint density at radius 2 is 2.24 bits per heavy atom. The molecule has 0 bridgehead atoms. The molecule has 0 aliphatic carbocycles. The highest BCUT2D eigenvalue weighted by Gasteiger charge is 2.27. The molecule has 1 unspecified atom stereocenters. The first kappa shape index (κ1) is 15.6. The molecule has 1 aromatic rings. The minimum Gasteiger partial charge on any atom is -0.368 e. The summed E-state index contributed by atoms with van der Waals surface area (Å²) in [7, 11) is 0. The highest BCUT2D eigenvalue weighted by atomic mass is 32.2. The van der Waals surface area contributed by atoms with E-state index >= 15 is 0 Å².